The van der Waals surface area contributed by atoms with Crippen LogP contribution in [0.3, 0.4) is 0 Å². The second-order valence-electron chi connectivity index (χ2n) is 4.13. The molecular formula is C13H16ClNO. The lowest BCUT2D eigenvalue weighted by molar-refractivity contribution is 0.314. The first-order valence-corrected chi connectivity index (χ1v) is 6.06. The fourth-order valence-corrected chi connectivity index (χ4v) is 2.18. The number of halogens is 1. The Morgan fingerprint density at radius 1 is 1.44 bits per heavy atom. The Bertz CT molecular complexity index is 361. The third-order valence-electron chi connectivity index (χ3n) is 3.03. The summed E-state index contributed by atoms with van der Waals surface area (Å²) in [6, 6.07) is 8.44. The summed E-state index contributed by atoms with van der Waals surface area (Å²) < 4.78 is 5.14. The summed E-state index contributed by atoms with van der Waals surface area (Å²) >= 11 is 5.89. The van der Waals surface area contributed by atoms with Crippen LogP contribution in [0.4, 0.5) is 0 Å². The first kappa shape index (κ1) is 11.5. The SMILES string of the molecule is CCC(CC1COC=N1)c1ccc(Cl)cc1. The standard InChI is InChI=1S/C13H16ClNO/c1-2-10(7-13-8-16-9-15-13)11-3-5-12(14)6-4-11/h3-6,9-10,13H,2,7-8H2,1H3. The lowest BCUT2D eigenvalue weighted by Crippen LogP contribution is -2.12. The molecule has 1 aromatic carbocycles. The van der Waals surface area contributed by atoms with Crippen molar-refractivity contribution in [3.63, 3.8) is 0 Å². The third-order valence-corrected chi connectivity index (χ3v) is 3.28. The summed E-state index contributed by atoms with van der Waals surface area (Å²) in [5.41, 5.74) is 1.34. The maximum absolute atomic E-state index is 5.89. The minimum atomic E-state index is 0.320. The molecule has 0 radical (unpaired) electrons. The van der Waals surface area contributed by atoms with E-state index in [2.05, 4.69) is 24.0 Å². The molecule has 0 aromatic heterocycles. The zero-order chi connectivity index (χ0) is 11.4. The molecule has 1 aliphatic rings. The predicted molar refractivity (Wildman–Crippen MR) is 67.3 cm³/mol. The summed E-state index contributed by atoms with van der Waals surface area (Å²) in [4.78, 5) is 4.29. The van der Waals surface area contributed by atoms with Crippen molar-refractivity contribution < 1.29 is 4.74 Å². The summed E-state index contributed by atoms with van der Waals surface area (Å²) in [5.74, 6) is 0.543. The van der Waals surface area contributed by atoms with Crippen LogP contribution in [0.1, 0.15) is 31.2 Å². The van der Waals surface area contributed by atoms with Gasteiger partial charge in [-0.05, 0) is 36.5 Å². The van der Waals surface area contributed by atoms with E-state index in [1.807, 2.05) is 12.1 Å². The van der Waals surface area contributed by atoms with E-state index in [1.165, 1.54) is 5.56 Å². The second-order valence-corrected chi connectivity index (χ2v) is 4.57. The quantitative estimate of drug-likeness (QED) is 0.783. The van der Waals surface area contributed by atoms with Crippen LogP contribution >= 0.6 is 11.6 Å². The Kier molecular flexibility index (Phi) is 3.83. The molecule has 2 rings (SSSR count). The number of hydrogen-bond acceptors (Lipinski definition) is 2. The monoisotopic (exact) mass is 237 g/mol. The van der Waals surface area contributed by atoms with Crippen LogP contribution in [-0.2, 0) is 4.74 Å². The van der Waals surface area contributed by atoms with Crippen LogP contribution in [0.2, 0.25) is 5.02 Å². The maximum atomic E-state index is 5.89. The number of rotatable bonds is 4. The first-order valence-electron chi connectivity index (χ1n) is 5.68. The van der Waals surface area contributed by atoms with Crippen LogP contribution < -0.4 is 0 Å². The molecule has 0 fully saturated rings. The van der Waals surface area contributed by atoms with Gasteiger partial charge in [-0.2, -0.15) is 0 Å². The van der Waals surface area contributed by atoms with Crippen molar-refractivity contribution in [2.24, 2.45) is 4.99 Å². The molecule has 0 N–H and O–H groups in total. The highest BCUT2D eigenvalue weighted by Crippen LogP contribution is 2.27. The fourth-order valence-electron chi connectivity index (χ4n) is 2.06. The largest absolute Gasteiger partial charge is 0.481 e. The van der Waals surface area contributed by atoms with Gasteiger partial charge in [0.25, 0.3) is 0 Å². The zero-order valence-corrected chi connectivity index (χ0v) is 10.2. The van der Waals surface area contributed by atoms with Crippen molar-refractivity contribution >= 4 is 18.0 Å². The molecule has 1 aliphatic heterocycles. The van der Waals surface area contributed by atoms with Crippen LogP contribution in [0.5, 0.6) is 0 Å². The molecule has 2 unspecified atom stereocenters. The van der Waals surface area contributed by atoms with Gasteiger partial charge in [0.2, 0.25) is 0 Å². The Morgan fingerprint density at radius 2 is 2.19 bits per heavy atom. The molecule has 0 saturated carbocycles. The molecule has 3 heteroatoms. The number of ether oxygens (including phenoxy) is 1. The average molecular weight is 238 g/mol. The average Bonchev–Trinajstić information content (AvgIpc) is 2.80. The van der Waals surface area contributed by atoms with Gasteiger partial charge in [0.05, 0.1) is 6.04 Å². The van der Waals surface area contributed by atoms with Crippen molar-refractivity contribution in [1.29, 1.82) is 0 Å². The molecule has 0 aliphatic carbocycles. The Labute approximate surface area is 101 Å². The number of benzene rings is 1. The van der Waals surface area contributed by atoms with E-state index in [0.717, 1.165) is 24.5 Å². The van der Waals surface area contributed by atoms with Crippen LogP contribution in [0.15, 0.2) is 29.3 Å². The van der Waals surface area contributed by atoms with Gasteiger partial charge in [-0.15, -0.1) is 0 Å². The molecule has 0 amide bonds. The molecule has 86 valence electrons. The minimum Gasteiger partial charge on any atom is -0.481 e. The molecule has 0 saturated heterocycles. The highest BCUT2D eigenvalue weighted by Gasteiger charge is 2.18. The van der Waals surface area contributed by atoms with Gasteiger partial charge in [-0.1, -0.05) is 30.7 Å². The van der Waals surface area contributed by atoms with E-state index >= 15 is 0 Å². The highest BCUT2D eigenvalue weighted by molar-refractivity contribution is 6.30. The lowest BCUT2D eigenvalue weighted by Gasteiger charge is -2.17. The molecule has 2 atom stereocenters. The van der Waals surface area contributed by atoms with Crippen molar-refractivity contribution in [3.8, 4) is 0 Å². The van der Waals surface area contributed by atoms with Gasteiger partial charge in [-0.25, -0.2) is 0 Å². The molecule has 16 heavy (non-hydrogen) atoms. The molecule has 0 bridgehead atoms. The smallest absolute Gasteiger partial charge is 0.169 e. The minimum absolute atomic E-state index is 0.320. The second kappa shape index (κ2) is 5.35. The number of nitrogens with zero attached hydrogens (tertiary/aromatic N) is 1. The van der Waals surface area contributed by atoms with Crippen molar-refractivity contribution in [2.75, 3.05) is 6.61 Å². The molecule has 2 nitrogen and oxygen atoms in total. The van der Waals surface area contributed by atoms with Crippen molar-refractivity contribution in [2.45, 2.75) is 31.7 Å². The Hall–Kier alpha value is -1.02. The van der Waals surface area contributed by atoms with Crippen LogP contribution in [-0.4, -0.2) is 19.0 Å². The Morgan fingerprint density at radius 3 is 2.75 bits per heavy atom. The number of hydrogen-bond donors (Lipinski definition) is 0. The summed E-state index contributed by atoms with van der Waals surface area (Å²) in [6.45, 7) is 2.93. The van der Waals surface area contributed by atoms with Gasteiger partial charge in [0.15, 0.2) is 6.40 Å². The summed E-state index contributed by atoms with van der Waals surface area (Å²) in [6.07, 6.45) is 3.74. The normalized spacial score (nSPS) is 20.8. The van der Waals surface area contributed by atoms with Crippen molar-refractivity contribution in [3.05, 3.63) is 34.9 Å². The lowest BCUT2D eigenvalue weighted by atomic mass is 9.90. The highest BCUT2D eigenvalue weighted by atomic mass is 35.5. The van der Waals surface area contributed by atoms with Crippen molar-refractivity contribution in [1.82, 2.24) is 0 Å². The van der Waals surface area contributed by atoms with E-state index in [0.29, 0.717) is 12.0 Å². The van der Waals surface area contributed by atoms with Gasteiger partial charge >= 0.3 is 0 Å². The summed E-state index contributed by atoms with van der Waals surface area (Å²) in [5, 5.41) is 0.792. The maximum Gasteiger partial charge on any atom is 0.169 e. The van der Waals surface area contributed by atoms with Gasteiger partial charge in [-0.3, -0.25) is 4.99 Å². The topological polar surface area (TPSA) is 21.6 Å². The fraction of sp³-hybridized carbons (Fsp3) is 0.462. The van der Waals surface area contributed by atoms with E-state index in [4.69, 9.17) is 16.3 Å². The van der Waals surface area contributed by atoms with E-state index in [9.17, 15) is 0 Å². The Balaban J connectivity index is 2.03. The van der Waals surface area contributed by atoms with E-state index in [-0.39, 0.29) is 0 Å². The molecule has 1 aromatic rings. The molecular weight excluding hydrogens is 222 g/mol. The molecule has 1 heterocycles. The van der Waals surface area contributed by atoms with Gasteiger partial charge in [0.1, 0.15) is 6.61 Å². The van der Waals surface area contributed by atoms with E-state index < -0.39 is 0 Å². The van der Waals surface area contributed by atoms with Crippen LogP contribution in [0.25, 0.3) is 0 Å². The molecule has 0 spiro atoms. The third kappa shape index (κ3) is 2.76. The van der Waals surface area contributed by atoms with E-state index in [1.54, 1.807) is 6.40 Å². The number of aliphatic imine (C=N–C) groups is 1. The predicted octanol–water partition coefficient (Wildman–Crippen LogP) is 3.65. The van der Waals surface area contributed by atoms with Crippen LogP contribution in [0, 0.1) is 0 Å². The van der Waals surface area contributed by atoms with Gasteiger partial charge < -0.3 is 4.74 Å². The zero-order valence-electron chi connectivity index (χ0n) is 9.40. The van der Waals surface area contributed by atoms with Gasteiger partial charge in [0, 0.05) is 5.02 Å². The first-order chi connectivity index (χ1) is 7.79. The summed E-state index contributed by atoms with van der Waals surface area (Å²) in [7, 11) is 0.